The van der Waals surface area contributed by atoms with Crippen LogP contribution in [0, 0.1) is 0 Å². The number of halogens is 2. The molecule has 1 aliphatic rings. The highest BCUT2D eigenvalue weighted by Crippen LogP contribution is 2.27. The smallest absolute Gasteiger partial charge is 0.153 e. The zero-order valence-corrected chi connectivity index (χ0v) is 12.7. The minimum Gasteiger partial charge on any atom is -0.409 e. The highest BCUT2D eigenvalue weighted by atomic mass is 35.5. The zero-order valence-electron chi connectivity index (χ0n) is 11.2. The predicted molar refractivity (Wildman–Crippen MR) is 82.5 cm³/mol. The fourth-order valence-electron chi connectivity index (χ4n) is 2.71. The van der Waals surface area contributed by atoms with Gasteiger partial charge in [-0.05, 0) is 36.6 Å². The number of oxime groups is 1. The Morgan fingerprint density at radius 3 is 2.70 bits per heavy atom. The van der Waals surface area contributed by atoms with Crippen LogP contribution in [0.1, 0.15) is 31.2 Å². The van der Waals surface area contributed by atoms with Crippen molar-refractivity contribution in [3.63, 3.8) is 0 Å². The summed E-state index contributed by atoms with van der Waals surface area (Å²) < 4.78 is 0. The summed E-state index contributed by atoms with van der Waals surface area (Å²) in [6.45, 7) is 1.09. The van der Waals surface area contributed by atoms with Crippen LogP contribution in [-0.4, -0.2) is 28.5 Å². The molecule has 2 rings (SSSR count). The molecule has 4 nitrogen and oxygen atoms in total. The van der Waals surface area contributed by atoms with E-state index < -0.39 is 0 Å². The lowest BCUT2D eigenvalue weighted by atomic mass is 10.1. The van der Waals surface area contributed by atoms with Gasteiger partial charge in [-0.3, -0.25) is 4.90 Å². The van der Waals surface area contributed by atoms with E-state index in [-0.39, 0.29) is 5.84 Å². The van der Waals surface area contributed by atoms with E-state index in [1.165, 1.54) is 12.8 Å². The molecule has 0 heterocycles. The second-order valence-corrected chi connectivity index (χ2v) is 6.01. The first-order chi connectivity index (χ1) is 9.60. The zero-order chi connectivity index (χ0) is 14.5. The van der Waals surface area contributed by atoms with Crippen LogP contribution in [0.5, 0.6) is 0 Å². The van der Waals surface area contributed by atoms with Crippen LogP contribution in [0.4, 0.5) is 0 Å². The van der Waals surface area contributed by atoms with Gasteiger partial charge in [-0.2, -0.15) is 0 Å². The number of amidine groups is 1. The molecule has 1 aliphatic carbocycles. The summed E-state index contributed by atoms with van der Waals surface area (Å²) in [7, 11) is 0. The molecule has 0 amide bonds. The maximum absolute atomic E-state index is 8.78. The van der Waals surface area contributed by atoms with Crippen LogP contribution in [0.2, 0.25) is 10.0 Å². The molecule has 1 aromatic carbocycles. The van der Waals surface area contributed by atoms with Crippen LogP contribution in [-0.2, 0) is 6.54 Å². The summed E-state index contributed by atoms with van der Waals surface area (Å²) in [5.41, 5.74) is 6.63. The van der Waals surface area contributed by atoms with Crippen molar-refractivity contribution in [2.75, 3.05) is 6.54 Å². The molecule has 0 bridgehead atoms. The average Bonchev–Trinajstić information content (AvgIpc) is 2.96. The topological polar surface area (TPSA) is 61.8 Å². The minimum atomic E-state index is 0.218. The molecule has 110 valence electrons. The second-order valence-electron chi connectivity index (χ2n) is 5.17. The summed E-state index contributed by atoms with van der Waals surface area (Å²) in [5, 5.41) is 13.2. The first kappa shape index (κ1) is 15.4. The number of nitrogens with two attached hydrogens (primary N) is 1. The molecule has 1 fully saturated rings. The maximum atomic E-state index is 8.78. The summed E-state index contributed by atoms with van der Waals surface area (Å²) in [6.07, 6.45) is 4.72. The van der Waals surface area contributed by atoms with Crippen molar-refractivity contribution in [2.24, 2.45) is 10.9 Å². The molecule has 0 aliphatic heterocycles. The largest absolute Gasteiger partial charge is 0.409 e. The molecule has 0 aromatic heterocycles. The van der Waals surface area contributed by atoms with Crippen molar-refractivity contribution in [2.45, 2.75) is 38.3 Å². The summed E-state index contributed by atoms with van der Waals surface area (Å²) >= 11 is 12.2. The molecule has 20 heavy (non-hydrogen) atoms. The molecule has 3 N–H and O–H groups in total. The number of hydrogen-bond acceptors (Lipinski definition) is 3. The Bertz CT molecular complexity index is 487. The molecule has 0 saturated heterocycles. The first-order valence-corrected chi connectivity index (χ1v) is 7.50. The van der Waals surface area contributed by atoms with E-state index in [9.17, 15) is 0 Å². The van der Waals surface area contributed by atoms with Crippen molar-refractivity contribution in [3.8, 4) is 0 Å². The van der Waals surface area contributed by atoms with Gasteiger partial charge in [-0.25, -0.2) is 0 Å². The van der Waals surface area contributed by atoms with Gasteiger partial charge < -0.3 is 10.9 Å². The Labute approximate surface area is 129 Å². The lowest BCUT2D eigenvalue weighted by Gasteiger charge is -2.28. The van der Waals surface area contributed by atoms with Gasteiger partial charge in [0.25, 0.3) is 0 Å². The second kappa shape index (κ2) is 7.16. The Morgan fingerprint density at radius 1 is 1.35 bits per heavy atom. The highest BCUT2D eigenvalue weighted by molar-refractivity contribution is 6.33. The fraction of sp³-hybridized carbons (Fsp3) is 0.500. The first-order valence-electron chi connectivity index (χ1n) is 6.74. The Morgan fingerprint density at radius 2 is 2.05 bits per heavy atom. The van der Waals surface area contributed by atoms with E-state index in [4.69, 9.17) is 34.1 Å². The van der Waals surface area contributed by atoms with Crippen LogP contribution >= 0.6 is 23.2 Å². The van der Waals surface area contributed by atoms with Crippen molar-refractivity contribution in [1.82, 2.24) is 4.90 Å². The Balaban J connectivity index is 2.15. The van der Waals surface area contributed by atoms with Gasteiger partial charge in [0.05, 0.1) is 6.54 Å². The summed E-state index contributed by atoms with van der Waals surface area (Å²) in [4.78, 5) is 2.21. The van der Waals surface area contributed by atoms with Crippen molar-refractivity contribution >= 4 is 29.0 Å². The van der Waals surface area contributed by atoms with E-state index in [1.54, 1.807) is 12.1 Å². The molecular formula is C14H19Cl2N3O. The normalized spacial score (nSPS) is 17.1. The quantitative estimate of drug-likeness (QED) is 0.378. The van der Waals surface area contributed by atoms with Gasteiger partial charge in [-0.15, -0.1) is 0 Å². The predicted octanol–water partition coefficient (Wildman–Crippen LogP) is 3.48. The monoisotopic (exact) mass is 315 g/mol. The van der Waals surface area contributed by atoms with Crippen molar-refractivity contribution in [1.29, 1.82) is 0 Å². The SMILES string of the molecule is NC(CN(Cc1cc(Cl)ccc1Cl)C1CCCC1)=NO. The molecule has 1 saturated carbocycles. The third-order valence-corrected chi connectivity index (χ3v) is 4.32. The highest BCUT2D eigenvalue weighted by Gasteiger charge is 2.24. The average molecular weight is 316 g/mol. The van der Waals surface area contributed by atoms with E-state index in [0.29, 0.717) is 29.2 Å². The van der Waals surface area contributed by atoms with Crippen molar-refractivity contribution < 1.29 is 5.21 Å². The summed E-state index contributed by atoms with van der Waals surface area (Å²) in [5.74, 6) is 0.218. The van der Waals surface area contributed by atoms with Gasteiger partial charge in [0.15, 0.2) is 5.84 Å². The van der Waals surface area contributed by atoms with Gasteiger partial charge >= 0.3 is 0 Å². The van der Waals surface area contributed by atoms with Gasteiger partial charge in [0, 0.05) is 22.6 Å². The van der Waals surface area contributed by atoms with Crippen LogP contribution in [0.15, 0.2) is 23.4 Å². The number of rotatable bonds is 5. The van der Waals surface area contributed by atoms with E-state index in [0.717, 1.165) is 18.4 Å². The standard InChI is InChI=1S/C14H19Cl2N3O/c15-11-5-6-13(16)10(7-11)8-19(9-14(17)18-20)12-3-1-2-4-12/h5-7,12,20H,1-4,8-9H2,(H2,17,18). The Hall–Kier alpha value is -0.970. The van der Waals surface area contributed by atoms with E-state index in [2.05, 4.69) is 10.1 Å². The summed E-state index contributed by atoms with van der Waals surface area (Å²) in [6, 6.07) is 5.90. The minimum absolute atomic E-state index is 0.218. The van der Waals surface area contributed by atoms with Crippen LogP contribution < -0.4 is 5.73 Å². The molecule has 0 unspecified atom stereocenters. The maximum Gasteiger partial charge on any atom is 0.153 e. The van der Waals surface area contributed by atoms with Gasteiger partial charge in [0.2, 0.25) is 0 Å². The number of hydrogen-bond donors (Lipinski definition) is 2. The fourth-order valence-corrected chi connectivity index (χ4v) is 3.08. The van der Waals surface area contributed by atoms with Gasteiger partial charge in [0.1, 0.15) is 0 Å². The molecule has 0 spiro atoms. The van der Waals surface area contributed by atoms with Crippen molar-refractivity contribution in [3.05, 3.63) is 33.8 Å². The van der Waals surface area contributed by atoms with E-state index >= 15 is 0 Å². The lowest BCUT2D eigenvalue weighted by Crippen LogP contribution is -2.39. The molecule has 1 aromatic rings. The molecule has 6 heteroatoms. The molecule has 0 atom stereocenters. The van der Waals surface area contributed by atoms with Crippen LogP contribution in [0.25, 0.3) is 0 Å². The number of nitrogens with zero attached hydrogens (tertiary/aromatic N) is 2. The van der Waals surface area contributed by atoms with Crippen LogP contribution in [0.3, 0.4) is 0 Å². The van der Waals surface area contributed by atoms with Gasteiger partial charge in [-0.1, -0.05) is 41.2 Å². The third-order valence-electron chi connectivity index (χ3n) is 3.72. The lowest BCUT2D eigenvalue weighted by molar-refractivity contribution is 0.214. The molecular weight excluding hydrogens is 297 g/mol. The van der Waals surface area contributed by atoms with E-state index in [1.807, 2.05) is 6.07 Å². The number of benzene rings is 1. The Kier molecular flexibility index (Phi) is 5.52. The third kappa shape index (κ3) is 4.01. The molecule has 0 radical (unpaired) electrons.